The highest BCUT2D eigenvalue weighted by atomic mass is 19.2. The zero-order chi connectivity index (χ0) is 25.4. The molecule has 0 radical (unpaired) electrons. The normalized spacial score (nSPS) is 16.1. The fraction of sp³-hybridized carbons (Fsp3) is 0.296. The van der Waals surface area contributed by atoms with E-state index in [0.717, 1.165) is 16.4 Å². The molecule has 0 saturated carbocycles. The van der Waals surface area contributed by atoms with Gasteiger partial charge in [0.2, 0.25) is 5.95 Å². The Hall–Kier alpha value is -3.55. The largest absolute Gasteiger partial charge is 0.456 e. The minimum Gasteiger partial charge on any atom is -0.456 e. The van der Waals surface area contributed by atoms with Crippen LogP contribution in [-0.4, -0.2) is 15.1 Å². The maximum atomic E-state index is 14.9. The summed E-state index contributed by atoms with van der Waals surface area (Å²) in [4.78, 5) is 6.13. The van der Waals surface area contributed by atoms with E-state index in [9.17, 15) is 17.6 Å². The molecular formula is C27H25F4N3O. The number of hydrogen-bond donors (Lipinski definition) is 0. The summed E-state index contributed by atoms with van der Waals surface area (Å²) >= 11 is 0. The third kappa shape index (κ3) is 2.82. The van der Waals surface area contributed by atoms with Crippen molar-refractivity contribution in [3.8, 4) is 0 Å². The Balaban J connectivity index is 0.00000124. The zero-order valence-corrected chi connectivity index (χ0v) is 20.3. The van der Waals surface area contributed by atoms with Crippen LogP contribution in [0.5, 0.6) is 0 Å². The lowest BCUT2D eigenvalue weighted by atomic mass is 9.82. The van der Waals surface area contributed by atoms with Gasteiger partial charge in [-0.3, -0.25) is 4.57 Å². The van der Waals surface area contributed by atoms with Gasteiger partial charge in [-0.15, -0.1) is 0 Å². The molecule has 0 aliphatic carbocycles. The third-order valence-electron chi connectivity index (χ3n) is 7.29. The first kappa shape index (κ1) is 23.2. The SMILES string of the molecule is CC.CC1(C)N(c2ccc3oc4ccccc4c3c2)c2nc3c(F)c(F)c(F)c(F)c3n2C1(C)C. The summed E-state index contributed by atoms with van der Waals surface area (Å²) in [5.74, 6) is -6.47. The van der Waals surface area contributed by atoms with Crippen LogP contribution in [0, 0.1) is 23.3 Å². The van der Waals surface area contributed by atoms with Gasteiger partial charge in [-0.2, -0.15) is 0 Å². The molecule has 182 valence electrons. The standard InChI is InChI=1S/C25H19F4N3O.C2H6/c1-24(2)25(3,4)32-22-20(29)18(27)17(26)19(28)21(22)30-23(32)31(24)12-9-10-16-14(11-12)13-7-5-6-8-15(13)33-16;1-2/h5-11H,1-4H3;1-2H3. The zero-order valence-electron chi connectivity index (χ0n) is 20.3. The first-order valence-corrected chi connectivity index (χ1v) is 11.5. The number of aromatic nitrogens is 2. The Labute approximate surface area is 199 Å². The molecule has 0 unspecified atom stereocenters. The van der Waals surface area contributed by atoms with Crippen molar-refractivity contribution in [2.75, 3.05) is 4.90 Å². The van der Waals surface area contributed by atoms with Gasteiger partial charge in [0.25, 0.3) is 0 Å². The number of anilines is 2. The van der Waals surface area contributed by atoms with Crippen molar-refractivity contribution < 1.29 is 22.0 Å². The Bertz CT molecular complexity index is 1630. The van der Waals surface area contributed by atoms with E-state index in [1.54, 1.807) is 0 Å². The average Bonchev–Trinajstić information content (AvgIpc) is 3.45. The van der Waals surface area contributed by atoms with Crippen LogP contribution in [0.1, 0.15) is 41.5 Å². The van der Waals surface area contributed by atoms with Crippen LogP contribution < -0.4 is 4.90 Å². The second kappa shape index (κ2) is 7.47. The third-order valence-corrected chi connectivity index (χ3v) is 7.29. The average molecular weight is 484 g/mol. The number of imidazole rings is 1. The summed E-state index contributed by atoms with van der Waals surface area (Å²) in [5.41, 5.74) is -0.324. The van der Waals surface area contributed by atoms with Crippen LogP contribution >= 0.6 is 0 Å². The van der Waals surface area contributed by atoms with Crippen LogP contribution in [0.25, 0.3) is 33.0 Å². The molecule has 1 aliphatic rings. The smallest absolute Gasteiger partial charge is 0.212 e. The van der Waals surface area contributed by atoms with Crippen molar-refractivity contribution >= 4 is 44.6 Å². The Kier molecular flexibility index (Phi) is 4.95. The maximum absolute atomic E-state index is 14.9. The monoisotopic (exact) mass is 483 g/mol. The topological polar surface area (TPSA) is 34.2 Å². The van der Waals surface area contributed by atoms with Crippen molar-refractivity contribution in [1.82, 2.24) is 9.55 Å². The molecule has 0 amide bonds. The van der Waals surface area contributed by atoms with Crippen LogP contribution in [0.3, 0.4) is 0 Å². The van der Waals surface area contributed by atoms with Gasteiger partial charge in [-0.1, -0.05) is 32.0 Å². The molecule has 8 heteroatoms. The summed E-state index contributed by atoms with van der Waals surface area (Å²) < 4.78 is 65.1. The number of hydrogen-bond acceptors (Lipinski definition) is 3. The van der Waals surface area contributed by atoms with E-state index < -0.39 is 45.4 Å². The van der Waals surface area contributed by atoms with Gasteiger partial charge in [-0.05, 0) is 52.0 Å². The van der Waals surface area contributed by atoms with E-state index in [0.29, 0.717) is 11.3 Å². The van der Waals surface area contributed by atoms with E-state index in [1.807, 2.05) is 88.9 Å². The lowest BCUT2D eigenvalue weighted by Crippen LogP contribution is -2.50. The van der Waals surface area contributed by atoms with Gasteiger partial charge in [0, 0.05) is 16.5 Å². The van der Waals surface area contributed by atoms with Gasteiger partial charge in [0.05, 0.1) is 11.1 Å². The molecule has 0 fully saturated rings. The molecule has 35 heavy (non-hydrogen) atoms. The van der Waals surface area contributed by atoms with E-state index >= 15 is 0 Å². The van der Waals surface area contributed by atoms with E-state index in [2.05, 4.69) is 4.98 Å². The fourth-order valence-electron chi connectivity index (χ4n) is 4.93. The molecule has 2 aromatic heterocycles. The molecule has 0 atom stereocenters. The Morgan fingerprint density at radius 3 is 2.09 bits per heavy atom. The van der Waals surface area contributed by atoms with Crippen molar-refractivity contribution in [2.45, 2.75) is 52.6 Å². The van der Waals surface area contributed by atoms with Crippen molar-refractivity contribution in [3.05, 3.63) is 65.7 Å². The van der Waals surface area contributed by atoms with Crippen LogP contribution in [0.4, 0.5) is 29.2 Å². The molecule has 0 bridgehead atoms. The van der Waals surface area contributed by atoms with Crippen molar-refractivity contribution in [3.63, 3.8) is 0 Å². The molecular weight excluding hydrogens is 458 g/mol. The van der Waals surface area contributed by atoms with E-state index in [4.69, 9.17) is 4.42 Å². The van der Waals surface area contributed by atoms with Crippen molar-refractivity contribution in [1.29, 1.82) is 0 Å². The van der Waals surface area contributed by atoms with Gasteiger partial charge >= 0.3 is 0 Å². The number of fused-ring (bicyclic) bond motifs is 6. The summed E-state index contributed by atoms with van der Waals surface area (Å²) in [5, 5.41) is 1.81. The first-order valence-electron chi connectivity index (χ1n) is 11.5. The quantitative estimate of drug-likeness (QED) is 0.137. The number of para-hydroxylation sites is 1. The fourth-order valence-corrected chi connectivity index (χ4v) is 4.93. The summed E-state index contributed by atoms with van der Waals surface area (Å²) in [7, 11) is 0. The molecule has 4 nitrogen and oxygen atoms in total. The highest BCUT2D eigenvalue weighted by molar-refractivity contribution is 6.06. The number of furan rings is 1. The van der Waals surface area contributed by atoms with E-state index in [-0.39, 0.29) is 5.95 Å². The molecule has 5 aromatic rings. The number of nitrogens with zero attached hydrogens (tertiary/aromatic N) is 3. The molecule has 0 N–H and O–H groups in total. The molecule has 0 saturated heterocycles. The van der Waals surface area contributed by atoms with Gasteiger partial charge in [0.15, 0.2) is 23.3 Å². The van der Waals surface area contributed by atoms with Gasteiger partial charge < -0.3 is 9.32 Å². The number of rotatable bonds is 1. The predicted octanol–water partition coefficient (Wildman–Crippen LogP) is 8.18. The van der Waals surface area contributed by atoms with E-state index in [1.165, 1.54) is 4.57 Å². The molecule has 1 aliphatic heterocycles. The number of halogens is 4. The van der Waals surface area contributed by atoms with Gasteiger partial charge in [0.1, 0.15) is 22.2 Å². The molecule has 0 spiro atoms. The van der Waals surface area contributed by atoms with Crippen LogP contribution in [0.2, 0.25) is 0 Å². The first-order chi connectivity index (χ1) is 16.6. The lowest BCUT2D eigenvalue weighted by Gasteiger charge is -2.41. The summed E-state index contributed by atoms with van der Waals surface area (Å²) in [6, 6.07) is 13.2. The van der Waals surface area contributed by atoms with Crippen LogP contribution in [-0.2, 0) is 5.54 Å². The summed E-state index contributed by atoms with van der Waals surface area (Å²) in [6.07, 6.45) is 0. The maximum Gasteiger partial charge on any atom is 0.212 e. The highest BCUT2D eigenvalue weighted by Gasteiger charge is 2.54. The molecule has 3 aromatic carbocycles. The number of benzene rings is 3. The Morgan fingerprint density at radius 2 is 1.37 bits per heavy atom. The second-order valence-electron chi connectivity index (χ2n) is 9.43. The minimum absolute atomic E-state index is 0.204. The molecule has 3 heterocycles. The molecule has 6 rings (SSSR count). The van der Waals surface area contributed by atoms with Crippen LogP contribution in [0.15, 0.2) is 46.9 Å². The lowest BCUT2D eigenvalue weighted by molar-refractivity contribution is 0.251. The highest BCUT2D eigenvalue weighted by Crippen LogP contribution is 2.52. The Morgan fingerprint density at radius 1 is 0.743 bits per heavy atom. The summed E-state index contributed by atoms with van der Waals surface area (Å²) in [6.45, 7) is 11.6. The predicted molar refractivity (Wildman–Crippen MR) is 130 cm³/mol. The van der Waals surface area contributed by atoms with Gasteiger partial charge in [-0.25, -0.2) is 22.5 Å². The minimum atomic E-state index is -1.87. The second-order valence-corrected chi connectivity index (χ2v) is 9.43. The van der Waals surface area contributed by atoms with Crippen molar-refractivity contribution in [2.24, 2.45) is 0 Å².